The molecule has 2 heterocycles. The molecule has 0 aliphatic carbocycles. The first-order valence-corrected chi connectivity index (χ1v) is 8.02. The van der Waals surface area contributed by atoms with Crippen LogP contribution >= 0.6 is 0 Å². The zero-order chi connectivity index (χ0) is 19.1. The van der Waals surface area contributed by atoms with Crippen LogP contribution in [0, 0.1) is 17.1 Å². The highest BCUT2D eigenvalue weighted by molar-refractivity contribution is 5.86. The van der Waals surface area contributed by atoms with Crippen molar-refractivity contribution in [3.05, 3.63) is 81.3 Å². The number of nitriles is 1. The number of hydrogen-bond acceptors (Lipinski definition) is 6. The lowest BCUT2D eigenvalue weighted by Crippen LogP contribution is -2.26. The number of fused-ring (bicyclic) bond motifs is 3. The Bertz CT molecular complexity index is 1210. The lowest BCUT2D eigenvalue weighted by Gasteiger charge is -2.26. The molecule has 134 valence electrons. The van der Waals surface area contributed by atoms with E-state index in [2.05, 4.69) is 0 Å². The van der Waals surface area contributed by atoms with Gasteiger partial charge in [-0.05, 0) is 30.3 Å². The predicted octanol–water partition coefficient (Wildman–Crippen LogP) is 3.16. The van der Waals surface area contributed by atoms with E-state index < -0.39 is 17.4 Å². The number of rotatable bonds is 2. The van der Waals surface area contributed by atoms with Crippen molar-refractivity contribution < 1.29 is 18.3 Å². The van der Waals surface area contributed by atoms with Gasteiger partial charge in [0, 0.05) is 5.56 Å². The summed E-state index contributed by atoms with van der Waals surface area (Å²) in [6.07, 6.45) is 0. The minimum absolute atomic E-state index is 0.0200. The zero-order valence-corrected chi connectivity index (χ0v) is 14.2. The van der Waals surface area contributed by atoms with E-state index in [0.29, 0.717) is 16.7 Å². The molecule has 1 aliphatic heterocycles. The Hall–Kier alpha value is -3.79. The summed E-state index contributed by atoms with van der Waals surface area (Å²) in [5.74, 6) is -1.34. The van der Waals surface area contributed by atoms with Crippen LogP contribution in [0.4, 0.5) is 4.39 Å². The Kier molecular flexibility index (Phi) is 3.81. The fourth-order valence-electron chi connectivity index (χ4n) is 3.25. The van der Waals surface area contributed by atoms with E-state index in [-0.39, 0.29) is 28.3 Å². The van der Waals surface area contributed by atoms with Gasteiger partial charge < -0.3 is 19.6 Å². The maximum absolute atomic E-state index is 14.7. The van der Waals surface area contributed by atoms with Crippen LogP contribution in [0.3, 0.4) is 0 Å². The average molecular weight is 364 g/mol. The van der Waals surface area contributed by atoms with E-state index in [1.165, 1.54) is 25.3 Å². The maximum Gasteiger partial charge on any atom is 0.344 e. The molecule has 6 nitrogen and oxygen atoms in total. The fraction of sp³-hybridized carbons (Fsp3) is 0.100. The molecule has 0 saturated carbocycles. The fourth-order valence-corrected chi connectivity index (χ4v) is 3.25. The molecule has 27 heavy (non-hydrogen) atoms. The first-order valence-electron chi connectivity index (χ1n) is 8.02. The number of hydrogen-bond donors (Lipinski definition) is 1. The lowest BCUT2D eigenvalue weighted by atomic mass is 9.83. The Morgan fingerprint density at radius 2 is 2.04 bits per heavy atom. The molecular weight excluding hydrogens is 351 g/mol. The highest BCUT2D eigenvalue weighted by atomic mass is 19.1. The molecule has 1 aliphatic rings. The number of para-hydroxylation sites is 1. The second kappa shape index (κ2) is 6.18. The first-order chi connectivity index (χ1) is 13.0. The van der Waals surface area contributed by atoms with Crippen molar-refractivity contribution in [2.45, 2.75) is 5.92 Å². The van der Waals surface area contributed by atoms with Crippen molar-refractivity contribution in [2.24, 2.45) is 5.73 Å². The van der Waals surface area contributed by atoms with Crippen LogP contribution in [-0.4, -0.2) is 7.11 Å². The maximum atomic E-state index is 14.7. The van der Waals surface area contributed by atoms with Crippen molar-refractivity contribution >= 4 is 11.0 Å². The molecule has 0 amide bonds. The van der Waals surface area contributed by atoms with Crippen molar-refractivity contribution in [2.75, 3.05) is 7.11 Å². The summed E-state index contributed by atoms with van der Waals surface area (Å²) in [4.78, 5) is 12.7. The smallest absolute Gasteiger partial charge is 0.344 e. The van der Waals surface area contributed by atoms with Crippen LogP contribution in [0.1, 0.15) is 17.0 Å². The molecule has 0 spiro atoms. The Morgan fingerprint density at radius 3 is 2.78 bits per heavy atom. The van der Waals surface area contributed by atoms with Crippen molar-refractivity contribution in [1.82, 2.24) is 0 Å². The lowest BCUT2D eigenvalue weighted by molar-refractivity contribution is 0.385. The molecule has 0 unspecified atom stereocenters. The molecule has 3 aromatic rings. The number of ether oxygens (including phenoxy) is 2. The Morgan fingerprint density at radius 1 is 1.26 bits per heavy atom. The van der Waals surface area contributed by atoms with E-state index in [1.807, 2.05) is 6.07 Å². The molecule has 4 rings (SSSR count). The van der Waals surface area contributed by atoms with Gasteiger partial charge in [-0.25, -0.2) is 9.18 Å². The summed E-state index contributed by atoms with van der Waals surface area (Å²) in [5.41, 5.74) is 5.54. The molecule has 1 atom stereocenters. The number of allylic oxidation sites excluding steroid dienone is 1. The summed E-state index contributed by atoms with van der Waals surface area (Å²) < 4.78 is 30.8. The molecule has 0 radical (unpaired) electrons. The van der Waals surface area contributed by atoms with E-state index in [0.717, 1.165) is 0 Å². The number of nitrogens with two attached hydrogens (primary N) is 1. The highest BCUT2D eigenvalue weighted by Gasteiger charge is 2.37. The molecule has 1 aromatic heterocycles. The largest absolute Gasteiger partial charge is 0.497 e. The van der Waals surface area contributed by atoms with Gasteiger partial charge in [0.05, 0.1) is 24.0 Å². The van der Waals surface area contributed by atoms with Crippen LogP contribution in [0.2, 0.25) is 0 Å². The van der Waals surface area contributed by atoms with Crippen LogP contribution in [0.25, 0.3) is 11.0 Å². The molecule has 2 N–H and O–H groups in total. The van der Waals surface area contributed by atoms with Crippen LogP contribution in [0.15, 0.2) is 63.1 Å². The number of methoxy groups -OCH3 is 1. The molecule has 0 bridgehead atoms. The normalized spacial score (nSPS) is 15.8. The van der Waals surface area contributed by atoms with E-state index in [9.17, 15) is 14.4 Å². The third kappa shape index (κ3) is 2.50. The molecular formula is C20H13FN2O4. The Labute approximate surface area is 152 Å². The van der Waals surface area contributed by atoms with Gasteiger partial charge in [-0.1, -0.05) is 12.1 Å². The molecule has 7 heteroatoms. The minimum Gasteiger partial charge on any atom is -0.497 e. The first kappa shape index (κ1) is 16.7. The van der Waals surface area contributed by atoms with Crippen molar-refractivity contribution in [1.29, 1.82) is 5.26 Å². The van der Waals surface area contributed by atoms with Gasteiger partial charge in [-0.15, -0.1) is 0 Å². The number of nitrogens with zero attached hydrogens (tertiary/aromatic N) is 1. The summed E-state index contributed by atoms with van der Waals surface area (Å²) in [6, 6.07) is 12.8. The molecule has 0 saturated heterocycles. The zero-order valence-electron chi connectivity index (χ0n) is 14.2. The van der Waals surface area contributed by atoms with Gasteiger partial charge in [0.2, 0.25) is 5.88 Å². The van der Waals surface area contributed by atoms with Gasteiger partial charge in [0.1, 0.15) is 28.8 Å². The molecule has 0 fully saturated rings. The van der Waals surface area contributed by atoms with Gasteiger partial charge >= 0.3 is 5.63 Å². The van der Waals surface area contributed by atoms with Gasteiger partial charge in [0.25, 0.3) is 0 Å². The number of halogens is 1. The second-order valence-electron chi connectivity index (χ2n) is 5.94. The second-order valence-corrected chi connectivity index (χ2v) is 5.94. The third-order valence-corrected chi connectivity index (χ3v) is 4.49. The summed E-state index contributed by atoms with van der Waals surface area (Å²) in [5, 5.41) is 10.1. The Balaban J connectivity index is 2.10. The van der Waals surface area contributed by atoms with Crippen LogP contribution in [0.5, 0.6) is 11.5 Å². The van der Waals surface area contributed by atoms with Crippen molar-refractivity contribution in [3.8, 4) is 17.6 Å². The summed E-state index contributed by atoms with van der Waals surface area (Å²) >= 11 is 0. The monoisotopic (exact) mass is 364 g/mol. The van der Waals surface area contributed by atoms with E-state index in [1.54, 1.807) is 24.3 Å². The van der Waals surface area contributed by atoms with Gasteiger partial charge in [-0.2, -0.15) is 5.26 Å². The SMILES string of the molecule is COc1ccc(F)c([C@@H]2C(C#N)=C(N)Oc3c2c(=O)oc2ccccc32)c1. The highest BCUT2D eigenvalue weighted by Crippen LogP contribution is 2.44. The predicted molar refractivity (Wildman–Crippen MR) is 94.7 cm³/mol. The minimum atomic E-state index is -1.07. The quantitative estimate of drug-likeness (QED) is 0.702. The van der Waals surface area contributed by atoms with Gasteiger partial charge in [0.15, 0.2) is 5.75 Å². The van der Waals surface area contributed by atoms with Crippen LogP contribution < -0.4 is 20.8 Å². The standard InChI is InChI=1S/C20H13FN2O4/c1-25-10-6-7-14(21)12(8-10)16-13(9-22)19(23)27-18-11-4-2-3-5-15(11)26-20(24)17(16)18/h2-8,16H,23H2,1H3/t16-/m1/s1. The number of benzene rings is 2. The van der Waals surface area contributed by atoms with Crippen LogP contribution in [-0.2, 0) is 0 Å². The summed E-state index contributed by atoms with van der Waals surface area (Å²) in [7, 11) is 1.44. The van der Waals surface area contributed by atoms with E-state index >= 15 is 0 Å². The van der Waals surface area contributed by atoms with Crippen molar-refractivity contribution in [3.63, 3.8) is 0 Å². The molecule has 2 aromatic carbocycles. The topological polar surface area (TPSA) is 98.5 Å². The average Bonchev–Trinajstić information content (AvgIpc) is 2.67. The van der Waals surface area contributed by atoms with Gasteiger partial charge in [-0.3, -0.25) is 0 Å². The summed E-state index contributed by atoms with van der Waals surface area (Å²) in [6.45, 7) is 0. The third-order valence-electron chi connectivity index (χ3n) is 4.49. The van der Waals surface area contributed by atoms with E-state index in [4.69, 9.17) is 19.6 Å².